The van der Waals surface area contributed by atoms with Gasteiger partial charge in [-0.15, -0.1) is 0 Å². The van der Waals surface area contributed by atoms with E-state index in [1.54, 1.807) is 0 Å². The summed E-state index contributed by atoms with van der Waals surface area (Å²) >= 11 is 0. The molecule has 2 amide bonds. The van der Waals surface area contributed by atoms with Crippen molar-refractivity contribution in [3.63, 3.8) is 0 Å². The molecule has 0 aliphatic carbocycles. The fourth-order valence-corrected chi connectivity index (χ4v) is 7.43. The second-order valence-corrected chi connectivity index (χ2v) is 17.7. The predicted molar refractivity (Wildman–Crippen MR) is 252 cm³/mol. The Hall–Kier alpha value is -2.86. The molecule has 0 atom stereocenters. The van der Waals surface area contributed by atoms with E-state index < -0.39 is 0 Å². The summed E-state index contributed by atoms with van der Waals surface area (Å²) in [4.78, 5) is 79.1. The molecule has 0 rings (SSSR count). The van der Waals surface area contributed by atoms with E-state index in [9.17, 15) is 28.8 Å². The summed E-state index contributed by atoms with van der Waals surface area (Å²) in [5.41, 5.74) is 0. The maximum Gasteiger partial charge on any atom is 0.306 e. The maximum absolute atomic E-state index is 13.1. The van der Waals surface area contributed by atoms with Crippen LogP contribution in [0.25, 0.3) is 0 Å². The van der Waals surface area contributed by atoms with Crippen LogP contribution < -0.4 is 27.6 Å². The fraction of sp³-hybridized carbons (Fsp3) is 0.875. The summed E-state index contributed by atoms with van der Waals surface area (Å²) < 4.78 is 19.9. The van der Waals surface area contributed by atoms with E-state index in [4.69, 9.17) is 18.9 Å². The third-order valence-corrected chi connectivity index (χ3v) is 11.9. The second kappa shape index (κ2) is 43.7. The maximum atomic E-state index is 13.1. The highest BCUT2D eigenvalue weighted by Crippen LogP contribution is 2.14. The fourth-order valence-electron chi connectivity index (χ4n) is 7.43. The summed E-state index contributed by atoms with van der Waals surface area (Å²) in [7, 11) is 9.84. The molecule has 382 valence electrons. The lowest BCUT2D eigenvalue weighted by molar-refractivity contribution is -0.890. The lowest BCUT2D eigenvalue weighted by Gasteiger charge is -2.33. The summed E-state index contributed by atoms with van der Waals surface area (Å²) in [6, 6.07) is 0. The number of esters is 4. The molecular formula is C48H93BrN6O10. The van der Waals surface area contributed by atoms with Gasteiger partial charge in [-0.25, -0.2) is 0 Å². The third-order valence-electron chi connectivity index (χ3n) is 11.9. The van der Waals surface area contributed by atoms with Gasteiger partial charge in [0, 0.05) is 84.8 Å². The van der Waals surface area contributed by atoms with Crippen LogP contribution in [0.2, 0.25) is 0 Å². The molecule has 0 heterocycles. The standard InChI is InChI=1S/C48H92N6O10.BrH/c1-8-9-10-11-12-13-14-15-16-17-18-19-20-21-22-23-41-54(2,3)42-40-53(32-24-43(55)49-30-38-51(34-26-45(57)61-4)35-27-46(58)62-5)33-25-44(56)50-31-39-52(36-28-47(59)63-6)37-29-48(60)64-7;/h8-42H2,1-7H3,(H-,49,50,55,56);1H. The van der Waals surface area contributed by atoms with Crippen molar-refractivity contribution >= 4 is 35.7 Å². The first-order valence-electron chi connectivity index (χ1n) is 24.6. The van der Waals surface area contributed by atoms with Crippen LogP contribution in [0.1, 0.15) is 148 Å². The topological polar surface area (TPSA) is 173 Å². The minimum absolute atomic E-state index is 0. The Morgan fingerprint density at radius 2 is 0.662 bits per heavy atom. The molecule has 16 nitrogen and oxygen atoms in total. The van der Waals surface area contributed by atoms with Crippen LogP contribution in [0, 0.1) is 0 Å². The first kappa shape index (κ1) is 64.2. The number of carbonyl (C=O) groups is 6. The van der Waals surface area contributed by atoms with Crippen molar-refractivity contribution in [1.82, 2.24) is 25.3 Å². The molecule has 0 saturated carbocycles. The van der Waals surface area contributed by atoms with Gasteiger partial charge in [0.2, 0.25) is 11.8 Å². The Balaban J connectivity index is 0. The molecule has 0 aliphatic rings. The Morgan fingerprint density at radius 3 is 0.969 bits per heavy atom. The molecule has 0 aliphatic heterocycles. The number of hydrogen-bond acceptors (Lipinski definition) is 13. The highest BCUT2D eigenvalue weighted by atomic mass is 79.9. The van der Waals surface area contributed by atoms with Crippen molar-refractivity contribution < 1.29 is 69.2 Å². The number of hydrogen-bond donors (Lipinski definition) is 2. The van der Waals surface area contributed by atoms with E-state index in [0.29, 0.717) is 65.4 Å². The van der Waals surface area contributed by atoms with Crippen LogP contribution in [-0.4, -0.2) is 182 Å². The number of quaternary nitrogens is 1. The van der Waals surface area contributed by atoms with Crippen molar-refractivity contribution in [2.24, 2.45) is 0 Å². The van der Waals surface area contributed by atoms with E-state index in [1.807, 2.05) is 9.80 Å². The number of rotatable bonds is 44. The molecule has 0 aromatic rings. The number of methoxy groups -OCH3 is 4. The molecule has 0 aromatic heterocycles. The smallest absolute Gasteiger partial charge is 0.306 e. The molecule has 2 N–H and O–H groups in total. The zero-order chi connectivity index (χ0) is 47.7. The predicted octanol–water partition coefficient (Wildman–Crippen LogP) is 2.50. The first-order valence-corrected chi connectivity index (χ1v) is 24.6. The Bertz CT molecular complexity index is 1140. The minimum atomic E-state index is -0.346. The lowest BCUT2D eigenvalue weighted by atomic mass is 10.0. The van der Waals surface area contributed by atoms with E-state index in [0.717, 1.165) is 24.1 Å². The van der Waals surface area contributed by atoms with Gasteiger partial charge in [-0.1, -0.05) is 96.8 Å². The van der Waals surface area contributed by atoms with E-state index >= 15 is 0 Å². The van der Waals surface area contributed by atoms with Gasteiger partial charge < -0.3 is 60.8 Å². The summed E-state index contributed by atoms with van der Waals surface area (Å²) in [5.74, 6) is -1.61. The van der Waals surface area contributed by atoms with Crippen LogP contribution in [0.3, 0.4) is 0 Å². The molecule has 0 aromatic carbocycles. The number of nitrogens with zero attached hydrogens (tertiary/aromatic N) is 4. The van der Waals surface area contributed by atoms with Gasteiger partial charge in [-0.2, -0.15) is 0 Å². The number of carbonyl (C=O) groups excluding carboxylic acids is 6. The zero-order valence-corrected chi connectivity index (χ0v) is 43.6. The van der Waals surface area contributed by atoms with Gasteiger partial charge in [0.05, 0.1) is 81.3 Å². The quantitative estimate of drug-likeness (QED) is 0.0396. The van der Waals surface area contributed by atoms with Crippen LogP contribution >= 0.6 is 0 Å². The van der Waals surface area contributed by atoms with Crippen LogP contribution in [0.15, 0.2) is 0 Å². The number of halogens is 1. The van der Waals surface area contributed by atoms with Gasteiger partial charge in [0.15, 0.2) is 0 Å². The van der Waals surface area contributed by atoms with Crippen molar-refractivity contribution in [2.75, 3.05) is 128 Å². The van der Waals surface area contributed by atoms with Crippen LogP contribution in [-0.2, 0) is 47.7 Å². The molecule has 0 fully saturated rings. The lowest BCUT2D eigenvalue weighted by Crippen LogP contribution is -3.00. The van der Waals surface area contributed by atoms with E-state index in [-0.39, 0.29) is 91.2 Å². The van der Waals surface area contributed by atoms with Gasteiger partial charge >= 0.3 is 23.9 Å². The number of ether oxygens (including phenoxy) is 4. The van der Waals surface area contributed by atoms with E-state index in [2.05, 4.69) is 36.6 Å². The summed E-state index contributed by atoms with van der Waals surface area (Å²) in [5, 5.41) is 5.95. The normalized spacial score (nSPS) is 11.4. The van der Waals surface area contributed by atoms with Crippen molar-refractivity contribution in [2.45, 2.75) is 148 Å². The minimum Gasteiger partial charge on any atom is -1.00 e. The molecule has 17 heteroatoms. The molecule has 0 unspecified atom stereocenters. The van der Waals surface area contributed by atoms with Gasteiger partial charge in [0.25, 0.3) is 0 Å². The molecule has 0 spiro atoms. The molecule has 0 saturated heterocycles. The summed E-state index contributed by atoms with van der Waals surface area (Å²) in [6.45, 7) is 9.10. The monoisotopic (exact) mass is 993 g/mol. The van der Waals surface area contributed by atoms with Gasteiger partial charge in [-0.3, -0.25) is 33.7 Å². The number of amides is 2. The zero-order valence-electron chi connectivity index (χ0n) is 42.0. The van der Waals surface area contributed by atoms with Crippen molar-refractivity contribution in [1.29, 1.82) is 0 Å². The SMILES string of the molecule is CCCCCCCCCCCCCCCCCC[N+](C)(C)CCN(CCC(=O)NCCN(CCC(=O)OC)CCC(=O)OC)CCC(=O)NCCN(CCC(=O)OC)CCC(=O)OC.[Br-]. The molecule has 65 heavy (non-hydrogen) atoms. The second-order valence-electron chi connectivity index (χ2n) is 17.7. The Kier molecular flexibility index (Phi) is 43.2. The average molecular weight is 994 g/mol. The highest BCUT2D eigenvalue weighted by Gasteiger charge is 2.19. The number of nitrogens with one attached hydrogen (secondary N) is 2. The Morgan fingerprint density at radius 1 is 0.385 bits per heavy atom. The van der Waals surface area contributed by atoms with Crippen LogP contribution in [0.5, 0.6) is 0 Å². The largest absolute Gasteiger partial charge is 1.00 e. The van der Waals surface area contributed by atoms with Crippen molar-refractivity contribution in [3.8, 4) is 0 Å². The van der Waals surface area contributed by atoms with Crippen molar-refractivity contribution in [3.05, 3.63) is 0 Å². The average Bonchev–Trinajstić information content (AvgIpc) is 3.29. The van der Waals surface area contributed by atoms with E-state index in [1.165, 1.54) is 131 Å². The third kappa shape index (κ3) is 41.1. The molecule has 0 bridgehead atoms. The number of likely N-dealkylation sites (N-methyl/N-ethyl adjacent to an activating group) is 1. The molecular weight excluding hydrogens is 900 g/mol. The number of unbranched alkanes of at least 4 members (excludes halogenated alkanes) is 15. The van der Waals surface area contributed by atoms with Gasteiger partial charge in [-0.05, 0) is 12.8 Å². The van der Waals surface area contributed by atoms with Gasteiger partial charge in [0.1, 0.15) is 0 Å². The highest BCUT2D eigenvalue weighted by molar-refractivity contribution is 5.76. The Labute approximate surface area is 404 Å². The van der Waals surface area contributed by atoms with Crippen LogP contribution in [0.4, 0.5) is 0 Å². The summed E-state index contributed by atoms with van der Waals surface area (Å²) in [6.07, 6.45) is 22.7. The molecule has 0 radical (unpaired) electrons. The first-order chi connectivity index (χ1) is 30.8.